The molecule has 0 aliphatic rings. The minimum Gasteiger partial charge on any atom is -0.506 e. The Kier molecular flexibility index (Phi) is 3.47. The van der Waals surface area contributed by atoms with Crippen LogP contribution in [0, 0.1) is 18.3 Å². The topological polar surface area (TPSA) is 74.2 Å². The molecule has 0 bridgehead atoms. The molecule has 5 nitrogen and oxygen atoms in total. The first-order chi connectivity index (χ1) is 8.67. The van der Waals surface area contributed by atoms with Crippen LogP contribution in [0.15, 0.2) is 6.07 Å². The number of unbranched alkanes of at least 4 members (excludes halogenated alkanes) is 2. The lowest BCUT2D eigenvalue weighted by Crippen LogP contribution is -1.98. The SMILES string of the molecule is CCCCCc1nc2cc(O)c(C#N)c(C)n2n1. The predicted octanol–water partition coefficient (Wildman–Crippen LogP) is 2.35. The zero-order valence-corrected chi connectivity index (χ0v) is 10.6. The smallest absolute Gasteiger partial charge is 0.159 e. The van der Waals surface area contributed by atoms with Crippen molar-refractivity contribution in [2.24, 2.45) is 0 Å². The van der Waals surface area contributed by atoms with Crippen molar-refractivity contribution in [3.05, 3.63) is 23.1 Å². The highest BCUT2D eigenvalue weighted by Crippen LogP contribution is 2.22. The molecule has 0 unspecified atom stereocenters. The summed E-state index contributed by atoms with van der Waals surface area (Å²) < 4.78 is 1.62. The number of hydrogen-bond donors (Lipinski definition) is 1. The number of hydrogen-bond acceptors (Lipinski definition) is 4. The quantitative estimate of drug-likeness (QED) is 0.838. The molecule has 0 amide bonds. The number of fused-ring (bicyclic) bond motifs is 1. The predicted molar refractivity (Wildman–Crippen MR) is 67.3 cm³/mol. The maximum Gasteiger partial charge on any atom is 0.159 e. The molecule has 18 heavy (non-hydrogen) atoms. The summed E-state index contributed by atoms with van der Waals surface area (Å²) in [5.41, 5.74) is 1.48. The third-order valence-electron chi connectivity index (χ3n) is 2.99. The Hall–Kier alpha value is -2.09. The highest BCUT2D eigenvalue weighted by Gasteiger charge is 2.12. The molecule has 0 aliphatic heterocycles. The van der Waals surface area contributed by atoms with Crippen molar-refractivity contribution in [3.8, 4) is 11.8 Å². The monoisotopic (exact) mass is 244 g/mol. The molecule has 0 spiro atoms. The van der Waals surface area contributed by atoms with Gasteiger partial charge in [-0.2, -0.15) is 10.4 Å². The first-order valence-corrected chi connectivity index (χ1v) is 6.15. The van der Waals surface area contributed by atoms with Gasteiger partial charge in [-0.25, -0.2) is 9.50 Å². The summed E-state index contributed by atoms with van der Waals surface area (Å²) in [7, 11) is 0. The summed E-state index contributed by atoms with van der Waals surface area (Å²) in [6, 6.07) is 3.47. The van der Waals surface area contributed by atoms with Crippen LogP contribution in [-0.2, 0) is 6.42 Å². The molecule has 1 N–H and O–H groups in total. The van der Waals surface area contributed by atoms with Crippen molar-refractivity contribution in [1.29, 1.82) is 5.26 Å². The lowest BCUT2D eigenvalue weighted by molar-refractivity contribution is 0.472. The van der Waals surface area contributed by atoms with Gasteiger partial charge >= 0.3 is 0 Å². The standard InChI is InChI=1S/C13H16N4O/c1-3-4-5-6-12-15-13-7-11(18)10(8-14)9(2)17(13)16-12/h7,18H,3-6H2,1-2H3. The van der Waals surface area contributed by atoms with Crippen molar-refractivity contribution < 1.29 is 5.11 Å². The minimum atomic E-state index is -0.0324. The first kappa shape index (κ1) is 12.4. The van der Waals surface area contributed by atoms with Crippen molar-refractivity contribution in [2.75, 3.05) is 0 Å². The third kappa shape index (κ3) is 2.14. The number of nitrogens with zero attached hydrogens (tertiary/aromatic N) is 4. The lowest BCUT2D eigenvalue weighted by atomic mass is 10.2. The number of aromatic hydroxyl groups is 1. The molecule has 0 saturated heterocycles. The Morgan fingerprint density at radius 3 is 2.89 bits per heavy atom. The van der Waals surface area contributed by atoms with E-state index in [1.54, 1.807) is 11.4 Å². The summed E-state index contributed by atoms with van der Waals surface area (Å²) in [5, 5.41) is 23.1. The fourth-order valence-electron chi connectivity index (χ4n) is 1.97. The number of aromatic nitrogens is 3. The lowest BCUT2D eigenvalue weighted by Gasteiger charge is -2.02. The fourth-order valence-corrected chi connectivity index (χ4v) is 1.97. The summed E-state index contributed by atoms with van der Waals surface area (Å²) in [5.74, 6) is 0.732. The Labute approximate surface area is 106 Å². The highest BCUT2D eigenvalue weighted by atomic mass is 16.3. The van der Waals surface area contributed by atoms with E-state index in [0.29, 0.717) is 11.3 Å². The van der Waals surface area contributed by atoms with E-state index in [9.17, 15) is 5.11 Å². The molecular formula is C13H16N4O. The molecule has 0 fully saturated rings. The molecule has 2 aromatic rings. The average molecular weight is 244 g/mol. The molecule has 0 aliphatic carbocycles. The summed E-state index contributed by atoms with van der Waals surface area (Å²) in [4.78, 5) is 4.36. The van der Waals surface area contributed by atoms with Crippen LogP contribution in [0.4, 0.5) is 0 Å². The second-order valence-corrected chi connectivity index (χ2v) is 4.36. The van der Waals surface area contributed by atoms with Crippen LogP contribution in [0.5, 0.6) is 5.75 Å². The molecule has 0 saturated carbocycles. The Bertz CT molecular complexity index is 609. The van der Waals surface area contributed by atoms with Gasteiger partial charge in [-0.05, 0) is 13.3 Å². The second-order valence-electron chi connectivity index (χ2n) is 4.36. The molecule has 2 heterocycles. The molecular weight excluding hydrogens is 228 g/mol. The van der Waals surface area contributed by atoms with Gasteiger partial charge in [-0.15, -0.1) is 0 Å². The van der Waals surface area contributed by atoms with Gasteiger partial charge in [0.25, 0.3) is 0 Å². The summed E-state index contributed by atoms with van der Waals surface area (Å²) in [6.45, 7) is 3.91. The van der Waals surface area contributed by atoms with E-state index in [1.165, 1.54) is 6.07 Å². The van der Waals surface area contributed by atoms with Gasteiger partial charge in [0.15, 0.2) is 11.5 Å². The Morgan fingerprint density at radius 1 is 1.44 bits per heavy atom. The Balaban J connectivity index is 2.40. The van der Waals surface area contributed by atoms with Crippen molar-refractivity contribution in [1.82, 2.24) is 14.6 Å². The zero-order valence-electron chi connectivity index (χ0n) is 10.6. The fraction of sp³-hybridized carbons (Fsp3) is 0.462. The van der Waals surface area contributed by atoms with Gasteiger partial charge in [0.05, 0.1) is 5.69 Å². The number of nitriles is 1. The van der Waals surface area contributed by atoms with E-state index in [2.05, 4.69) is 17.0 Å². The van der Waals surface area contributed by atoms with Gasteiger partial charge in [0, 0.05) is 12.5 Å². The minimum absolute atomic E-state index is 0.0324. The van der Waals surface area contributed by atoms with Gasteiger partial charge in [0.2, 0.25) is 0 Å². The van der Waals surface area contributed by atoms with Crippen LogP contribution in [0.25, 0.3) is 5.65 Å². The molecule has 0 aromatic carbocycles. The van der Waals surface area contributed by atoms with E-state index in [-0.39, 0.29) is 11.3 Å². The highest BCUT2D eigenvalue weighted by molar-refractivity contribution is 5.54. The van der Waals surface area contributed by atoms with Crippen LogP contribution in [-0.4, -0.2) is 19.7 Å². The Morgan fingerprint density at radius 2 is 2.22 bits per heavy atom. The van der Waals surface area contributed by atoms with Gasteiger partial charge in [-0.3, -0.25) is 0 Å². The maximum absolute atomic E-state index is 9.71. The largest absolute Gasteiger partial charge is 0.506 e. The van der Waals surface area contributed by atoms with E-state index in [1.807, 2.05) is 6.07 Å². The van der Waals surface area contributed by atoms with Crippen LogP contribution in [0.1, 0.15) is 43.3 Å². The number of pyridine rings is 1. The van der Waals surface area contributed by atoms with Crippen LogP contribution in [0.2, 0.25) is 0 Å². The van der Waals surface area contributed by atoms with E-state index < -0.39 is 0 Å². The number of aryl methyl sites for hydroxylation is 2. The van der Waals surface area contributed by atoms with Gasteiger partial charge < -0.3 is 5.11 Å². The summed E-state index contributed by atoms with van der Waals surface area (Å²) >= 11 is 0. The van der Waals surface area contributed by atoms with Crippen molar-refractivity contribution in [2.45, 2.75) is 39.5 Å². The first-order valence-electron chi connectivity index (χ1n) is 6.15. The molecule has 2 rings (SSSR count). The molecule has 94 valence electrons. The molecule has 2 aromatic heterocycles. The zero-order chi connectivity index (χ0) is 13.1. The maximum atomic E-state index is 9.71. The normalized spacial score (nSPS) is 10.7. The van der Waals surface area contributed by atoms with Crippen LogP contribution < -0.4 is 0 Å². The number of rotatable bonds is 4. The third-order valence-corrected chi connectivity index (χ3v) is 2.99. The van der Waals surface area contributed by atoms with E-state index in [0.717, 1.165) is 31.5 Å². The van der Waals surface area contributed by atoms with Gasteiger partial charge in [0.1, 0.15) is 17.4 Å². The molecule has 0 atom stereocenters. The second kappa shape index (κ2) is 5.05. The van der Waals surface area contributed by atoms with Crippen LogP contribution in [0.3, 0.4) is 0 Å². The van der Waals surface area contributed by atoms with Crippen molar-refractivity contribution >= 4 is 5.65 Å². The average Bonchev–Trinajstić information content (AvgIpc) is 2.73. The van der Waals surface area contributed by atoms with Crippen molar-refractivity contribution in [3.63, 3.8) is 0 Å². The van der Waals surface area contributed by atoms with E-state index in [4.69, 9.17) is 5.26 Å². The van der Waals surface area contributed by atoms with E-state index >= 15 is 0 Å². The van der Waals surface area contributed by atoms with Gasteiger partial charge in [-0.1, -0.05) is 19.8 Å². The molecule has 0 radical (unpaired) electrons. The summed E-state index contributed by atoms with van der Waals surface area (Å²) in [6.07, 6.45) is 4.20. The van der Waals surface area contributed by atoms with Crippen LogP contribution >= 0.6 is 0 Å². The molecule has 5 heteroatoms.